The molecule has 6 heteroatoms. The van der Waals surface area contributed by atoms with Crippen LogP contribution in [0.15, 0.2) is 60.8 Å². The first-order chi connectivity index (χ1) is 21.0. The SMILES string of the molecule is CC/C=C\C/C=C\C/C=C\C/C=C\CCC(=O)OC(/C=C\CCCCCCCCC)CCCCCCC(=O)NCC(=O)O. The van der Waals surface area contributed by atoms with Crippen molar-refractivity contribution in [3.8, 4) is 0 Å². The summed E-state index contributed by atoms with van der Waals surface area (Å²) in [6.07, 6.45) is 40.6. The van der Waals surface area contributed by atoms with Gasteiger partial charge in [-0.25, -0.2) is 0 Å². The van der Waals surface area contributed by atoms with Crippen LogP contribution in [0.3, 0.4) is 0 Å². The van der Waals surface area contributed by atoms with Gasteiger partial charge in [0.2, 0.25) is 5.91 Å². The van der Waals surface area contributed by atoms with Crippen LogP contribution < -0.4 is 5.32 Å². The molecule has 2 N–H and O–H groups in total. The average molecular weight is 600 g/mol. The maximum Gasteiger partial charge on any atom is 0.322 e. The summed E-state index contributed by atoms with van der Waals surface area (Å²) in [6.45, 7) is 4.04. The standard InChI is InChI=1S/C37H61NO5/c1-3-5-7-9-11-13-14-15-16-18-20-22-28-32-37(42)43-34(29-25-21-19-17-12-10-8-6-4-2)30-26-23-24-27-31-35(39)38-33-36(40)41/h5,7,11,13,15-16,20,22,25,29,34H,3-4,6,8-10,12,14,17-19,21,23-24,26-28,30-33H2,1-2H3,(H,38,39)(H,40,41)/b7-5-,13-11-,16-15-,22-20-,29-25-. The number of amides is 1. The van der Waals surface area contributed by atoms with Crippen LogP contribution in [0, 0.1) is 0 Å². The summed E-state index contributed by atoms with van der Waals surface area (Å²) >= 11 is 0. The summed E-state index contributed by atoms with van der Waals surface area (Å²) in [5.41, 5.74) is 0. The largest absolute Gasteiger partial charge is 0.480 e. The Morgan fingerprint density at radius 3 is 1.88 bits per heavy atom. The fraction of sp³-hybridized carbons (Fsp3) is 0.649. The number of nitrogens with one attached hydrogen (secondary N) is 1. The van der Waals surface area contributed by atoms with E-state index in [0.717, 1.165) is 64.2 Å². The van der Waals surface area contributed by atoms with Crippen molar-refractivity contribution in [2.24, 2.45) is 0 Å². The molecule has 0 fully saturated rings. The number of carbonyl (C=O) groups is 3. The number of aliphatic carboxylic acids is 1. The van der Waals surface area contributed by atoms with Crippen LogP contribution in [0.5, 0.6) is 0 Å². The maximum atomic E-state index is 12.5. The molecule has 0 aliphatic heterocycles. The number of carbonyl (C=O) groups excluding carboxylic acids is 2. The van der Waals surface area contributed by atoms with Gasteiger partial charge in [0, 0.05) is 12.8 Å². The molecular weight excluding hydrogens is 538 g/mol. The first-order valence-corrected chi connectivity index (χ1v) is 16.9. The number of ether oxygens (including phenoxy) is 1. The lowest BCUT2D eigenvalue weighted by Crippen LogP contribution is -2.28. The lowest BCUT2D eigenvalue weighted by molar-refractivity contribution is -0.147. The van der Waals surface area contributed by atoms with Crippen molar-refractivity contribution in [1.29, 1.82) is 0 Å². The Morgan fingerprint density at radius 2 is 1.23 bits per heavy atom. The summed E-state index contributed by atoms with van der Waals surface area (Å²) in [4.78, 5) is 34.7. The highest BCUT2D eigenvalue weighted by atomic mass is 16.5. The molecule has 0 bridgehead atoms. The Balaban J connectivity index is 4.38. The zero-order valence-corrected chi connectivity index (χ0v) is 27.3. The number of carboxylic acids is 1. The predicted molar refractivity (Wildman–Crippen MR) is 180 cm³/mol. The van der Waals surface area contributed by atoms with Crippen molar-refractivity contribution >= 4 is 17.8 Å². The van der Waals surface area contributed by atoms with Crippen molar-refractivity contribution in [2.45, 2.75) is 148 Å². The number of allylic oxidation sites excluding steroid dienone is 9. The molecule has 0 spiro atoms. The topological polar surface area (TPSA) is 92.7 Å². The molecule has 0 saturated heterocycles. The van der Waals surface area contributed by atoms with Gasteiger partial charge < -0.3 is 15.2 Å². The summed E-state index contributed by atoms with van der Waals surface area (Å²) in [6, 6.07) is 0. The van der Waals surface area contributed by atoms with Crippen LogP contribution in [0.2, 0.25) is 0 Å². The average Bonchev–Trinajstić information content (AvgIpc) is 2.99. The number of unbranched alkanes of at least 4 members (excludes halogenated alkanes) is 10. The van der Waals surface area contributed by atoms with E-state index in [4.69, 9.17) is 9.84 Å². The molecule has 43 heavy (non-hydrogen) atoms. The van der Waals surface area contributed by atoms with Crippen molar-refractivity contribution < 1.29 is 24.2 Å². The third-order valence-electron chi connectivity index (χ3n) is 6.92. The third-order valence-corrected chi connectivity index (χ3v) is 6.92. The summed E-state index contributed by atoms with van der Waals surface area (Å²) in [7, 11) is 0. The van der Waals surface area contributed by atoms with Crippen LogP contribution in [0.1, 0.15) is 142 Å². The van der Waals surface area contributed by atoms with Crippen molar-refractivity contribution in [1.82, 2.24) is 5.32 Å². The van der Waals surface area contributed by atoms with Crippen molar-refractivity contribution in [3.63, 3.8) is 0 Å². The molecule has 1 amide bonds. The highest BCUT2D eigenvalue weighted by molar-refractivity contribution is 5.80. The van der Waals surface area contributed by atoms with Gasteiger partial charge in [-0.1, -0.05) is 120 Å². The molecule has 1 unspecified atom stereocenters. The summed E-state index contributed by atoms with van der Waals surface area (Å²) in [5.74, 6) is -1.42. The number of hydrogen-bond acceptors (Lipinski definition) is 4. The zero-order valence-electron chi connectivity index (χ0n) is 27.3. The second-order valence-electron chi connectivity index (χ2n) is 11.0. The normalized spacial score (nSPS) is 12.8. The monoisotopic (exact) mass is 599 g/mol. The summed E-state index contributed by atoms with van der Waals surface area (Å²) in [5, 5.41) is 11.0. The van der Waals surface area contributed by atoms with E-state index in [1.807, 2.05) is 0 Å². The number of rotatable bonds is 29. The van der Waals surface area contributed by atoms with Gasteiger partial charge in [0.15, 0.2) is 0 Å². The first-order valence-electron chi connectivity index (χ1n) is 16.9. The smallest absolute Gasteiger partial charge is 0.322 e. The fourth-order valence-electron chi connectivity index (χ4n) is 4.44. The number of esters is 1. The van der Waals surface area contributed by atoms with Crippen molar-refractivity contribution in [2.75, 3.05) is 6.54 Å². The van der Waals surface area contributed by atoms with Crippen LogP contribution in [-0.2, 0) is 19.1 Å². The van der Waals surface area contributed by atoms with Crippen LogP contribution in [0.25, 0.3) is 0 Å². The van der Waals surface area contributed by atoms with Gasteiger partial charge in [0.05, 0.1) is 0 Å². The quantitative estimate of drug-likeness (QED) is 0.0507. The molecule has 0 rings (SSSR count). The first kappa shape index (κ1) is 40.1. The Labute approximate surface area is 262 Å². The molecule has 0 aromatic carbocycles. The van der Waals surface area contributed by atoms with Crippen molar-refractivity contribution in [3.05, 3.63) is 60.8 Å². The molecule has 6 nitrogen and oxygen atoms in total. The van der Waals surface area contributed by atoms with E-state index in [2.05, 4.69) is 79.9 Å². The second kappa shape index (κ2) is 32.0. The van der Waals surface area contributed by atoms with Crippen LogP contribution >= 0.6 is 0 Å². The highest BCUT2D eigenvalue weighted by Crippen LogP contribution is 2.14. The highest BCUT2D eigenvalue weighted by Gasteiger charge is 2.11. The van der Waals surface area contributed by atoms with Crippen LogP contribution in [-0.4, -0.2) is 35.6 Å². The van der Waals surface area contributed by atoms with E-state index < -0.39 is 5.97 Å². The lowest BCUT2D eigenvalue weighted by atomic mass is 10.1. The molecular formula is C37H61NO5. The van der Waals surface area contributed by atoms with E-state index in [1.165, 1.54) is 44.9 Å². The molecule has 0 radical (unpaired) electrons. The molecule has 0 heterocycles. The lowest BCUT2D eigenvalue weighted by Gasteiger charge is -2.14. The second-order valence-corrected chi connectivity index (χ2v) is 11.0. The minimum absolute atomic E-state index is 0.164. The van der Waals surface area contributed by atoms with Gasteiger partial charge in [-0.05, 0) is 70.3 Å². The molecule has 244 valence electrons. The van der Waals surface area contributed by atoms with Gasteiger partial charge in [-0.3, -0.25) is 14.4 Å². The van der Waals surface area contributed by atoms with Gasteiger partial charge in [0.25, 0.3) is 0 Å². The van der Waals surface area contributed by atoms with Gasteiger partial charge >= 0.3 is 11.9 Å². The van der Waals surface area contributed by atoms with Gasteiger partial charge in [-0.2, -0.15) is 0 Å². The van der Waals surface area contributed by atoms with E-state index in [1.54, 1.807) is 0 Å². The van der Waals surface area contributed by atoms with E-state index in [9.17, 15) is 14.4 Å². The number of carboxylic acid groups (broad SMARTS) is 1. The van der Waals surface area contributed by atoms with E-state index >= 15 is 0 Å². The van der Waals surface area contributed by atoms with Gasteiger partial charge in [0.1, 0.15) is 12.6 Å². The molecule has 1 atom stereocenters. The minimum Gasteiger partial charge on any atom is -0.480 e. The minimum atomic E-state index is -1.03. The van der Waals surface area contributed by atoms with Gasteiger partial charge in [-0.15, -0.1) is 0 Å². The number of hydrogen-bond donors (Lipinski definition) is 2. The zero-order chi connectivity index (χ0) is 31.6. The molecule has 0 saturated carbocycles. The fourth-order valence-corrected chi connectivity index (χ4v) is 4.44. The van der Waals surface area contributed by atoms with E-state index in [-0.39, 0.29) is 24.5 Å². The molecule has 0 aliphatic rings. The maximum absolute atomic E-state index is 12.5. The Bertz CT molecular complexity index is 840. The van der Waals surface area contributed by atoms with Crippen LogP contribution in [0.4, 0.5) is 0 Å². The Hall–Kier alpha value is -2.89. The predicted octanol–water partition coefficient (Wildman–Crippen LogP) is 9.72. The third kappa shape index (κ3) is 31.9. The Morgan fingerprint density at radius 1 is 0.651 bits per heavy atom. The molecule has 0 aromatic rings. The molecule has 0 aromatic heterocycles. The Kier molecular flexibility index (Phi) is 29.9. The molecule has 0 aliphatic carbocycles. The summed E-state index contributed by atoms with van der Waals surface area (Å²) < 4.78 is 5.82. The van der Waals surface area contributed by atoms with E-state index in [0.29, 0.717) is 19.3 Å².